The van der Waals surface area contributed by atoms with Crippen LogP contribution >= 0.6 is 0 Å². The lowest BCUT2D eigenvalue weighted by Gasteiger charge is -2.36. The zero-order chi connectivity index (χ0) is 15.6. The summed E-state index contributed by atoms with van der Waals surface area (Å²) >= 11 is 0. The molecule has 21 heavy (non-hydrogen) atoms. The van der Waals surface area contributed by atoms with Crippen molar-refractivity contribution in [1.82, 2.24) is 0 Å². The second kappa shape index (κ2) is 5.93. The molecular formula is C14H17F3N2O2. The van der Waals surface area contributed by atoms with Crippen LogP contribution in [0.3, 0.4) is 0 Å². The SMILES string of the molecule is COC(=O)C1CC(N)CN(c2ccc(C(F)(F)F)cc2)C1. The van der Waals surface area contributed by atoms with Gasteiger partial charge in [0.15, 0.2) is 0 Å². The summed E-state index contributed by atoms with van der Waals surface area (Å²) in [6.07, 6.45) is -3.84. The van der Waals surface area contributed by atoms with Crippen LogP contribution in [0.1, 0.15) is 12.0 Å². The summed E-state index contributed by atoms with van der Waals surface area (Å²) in [5, 5.41) is 0. The van der Waals surface area contributed by atoms with Crippen molar-refractivity contribution in [2.45, 2.75) is 18.6 Å². The quantitative estimate of drug-likeness (QED) is 0.849. The molecule has 0 aromatic heterocycles. The lowest BCUT2D eigenvalue weighted by molar-refractivity contribution is -0.145. The Hall–Kier alpha value is -1.76. The van der Waals surface area contributed by atoms with Crippen LogP contribution in [-0.4, -0.2) is 32.2 Å². The summed E-state index contributed by atoms with van der Waals surface area (Å²) in [7, 11) is 1.31. The predicted octanol–water partition coefficient (Wildman–Crippen LogP) is 2.03. The third kappa shape index (κ3) is 3.66. The number of carbonyl (C=O) groups is 1. The lowest BCUT2D eigenvalue weighted by atomic mass is 9.94. The van der Waals surface area contributed by atoms with E-state index in [1.54, 1.807) is 0 Å². The highest BCUT2D eigenvalue weighted by atomic mass is 19.4. The molecule has 2 N–H and O–H groups in total. The number of anilines is 1. The van der Waals surface area contributed by atoms with Crippen LogP contribution in [0, 0.1) is 5.92 Å². The van der Waals surface area contributed by atoms with Crippen LogP contribution in [0.5, 0.6) is 0 Å². The number of piperidine rings is 1. The number of methoxy groups -OCH3 is 1. The Morgan fingerprint density at radius 3 is 2.43 bits per heavy atom. The molecular weight excluding hydrogens is 285 g/mol. The molecule has 0 spiro atoms. The molecule has 1 heterocycles. The molecule has 116 valence electrons. The van der Waals surface area contributed by atoms with Gasteiger partial charge in [-0.25, -0.2) is 0 Å². The summed E-state index contributed by atoms with van der Waals surface area (Å²) < 4.78 is 42.3. The summed E-state index contributed by atoms with van der Waals surface area (Å²) in [5.74, 6) is -0.705. The first-order chi connectivity index (χ1) is 9.81. The van der Waals surface area contributed by atoms with E-state index in [2.05, 4.69) is 0 Å². The largest absolute Gasteiger partial charge is 0.469 e. The average Bonchev–Trinajstić information content (AvgIpc) is 2.45. The Kier molecular flexibility index (Phi) is 4.41. The maximum Gasteiger partial charge on any atom is 0.416 e. The van der Waals surface area contributed by atoms with E-state index in [4.69, 9.17) is 10.5 Å². The van der Waals surface area contributed by atoms with Gasteiger partial charge < -0.3 is 15.4 Å². The van der Waals surface area contributed by atoms with Crippen molar-refractivity contribution in [1.29, 1.82) is 0 Å². The van der Waals surface area contributed by atoms with E-state index in [9.17, 15) is 18.0 Å². The number of alkyl halides is 3. The number of halogens is 3. The van der Waals surface area contributed by atoms with Crippen molar-refractivity contribution < 1.29 is 22.7 Å². The number of carbonyl (C=O) groups excluding carboxylic acids is 1. The van der Waals surface area contributed by atoms with Gasteiger partial charge in [-0.1, -0.05) is 0 Å². The van der Waals surface area contributed by atoms with E-state index in [-0.39, 0.29) is 17.9 Å². The van der Waals surface area contributed by atoms with Crippen LogP contribution in [0.15, 0.2) is 24.3 Å². The molecule has 0 amide bonds. The smallest absolute Gasteiger partial charge is 0.416 e. The predicted molar refractivity (Wildman–Crippen MR) is 71.8 cm³/mol. The molecule has 0 aliphatic carbocycles. The number of nitrogens with zero attached hydrogens (tertiary/aromatic N) is 1. The van der Waals surface area contributed by atoms with Gasteiger partial charge >= 0.3 is 12.1 Å². The van der Waals surface area contributed by atoms with Gasteiger partial charge in [0.2, 0.25) is 0 Å². The molecule has 2 unspecified atom stereocenters. The highest BCUT2D eigenvalue weighted by molar-refractivity contribution is 5.73. The van der Waals surface area contributed by atoms with Crippen molar-refractivity contribution in [3.8, 4) is 0 Å². The number of benzene rings is 1. The second-order valence-corrected chi connectivity index (χ2v) is 5.17. The third-order valence-corrected chi connectivity index (χ3v) is 3.58. The topological polar surface area (TPSA) is 55.6 Å². The molecule has 2 rings (SSSR count). The Labute approximate surface area is 120 Å². The molecule has 1 aromatic carbocycles. The Morgan fingerprint density at radius 1 is 1.29 bits per heavy atom. The fourth-order valence-corrected chi connectivity index (χ4v) is 2.55. The van der Waals surface area contributed by atoms with E-state index >= 15 is 0 Å². The summed E-state index contributed by atoms with van der Waals surface area (Å²) in [5.41, 5.74) is 5.84. The van der Waals surface area contributed by atoms with Gasteiger partial charge in [-0.15, -0.1) is 0 Å². The maximum absolute atomic E-state index is 12.5. The Morgan fingerprint density at radius 2 is 1.90 bits per heavy atom. The lowest BCUT2D eigenvalue weighted by Crippen LogP contribution is -2.49. The Balaban J connectivity index is 2.15. The van der Waals surface area contributed by atoms with Crippen molar-refractivity contribution in [2.75, 3.05) is 25.1 Å². The van der Waals surface area contributed by atoms with E-state index in [1.165, 1.54) is 19.2 Å². The molecule has 1 aliphatic heterocycles. The van der Waals surface area contributed by atoms with E-state index in [0.29, 0.717) is 25.2 Å². The van der Waals surface area contributed by atoms with Crippen molar-refractivity contribution in [3.05, 3.63) is 29.8 Å². The average molecular weight is 302 g/mol. The van der Waals surface area contributed by atoms with Gasteiger partial charge in [0, 0.05) is 24.8 Å². The number of ether oxygens (including phenoxy) is 1. The molecule has 0 bridgehead atoms. The highest BCUT2D eigenvalue weighted by Crippen LogP contribution is 2.31. The molecule has 1 aromatic rings. The van der Waals surface area contributed by atoms with Crippen molar-refractivity contribution >= 4 is 11.7 Å². The van der Waals surface area contributed by atoms with Crippen LogP contribution in [-0.2, 0) is 15.7 Å². The number of hydrogen-bond donors (Lipinski definition) is 1. The fourth-order valence-electron chi connectivity index (χ4n) is 2.55. The van der Waals surface area contributed by atoms with Crippen LogP contribution in [0.25, 0.3) is 0 Å². The van der Waals surface area contributed by atoms with E-state index < -0.39 is 11.7 Å². The molecule has 7 heteroatoms. The zero-order valence-corrected chi connectivity index (χ0v) is 11.6. The van der Waals surface area contributed by atoms with Crippen molar-refractivity contribution in [3.63, 3.8) is 0 Å². The zero-order valence-electron chi connectivity index (χ0n) is 11.6. The normalized spacial score (nSPS) is 23.0. The number of rotatable bonds is 2. The fraction of sp³-hybridized carbons (Fsp3) is 0.500. The second-order valence-electron chi connectivity index (χ2n) is 5.17. The van der Waals surface area contributed by atoms with E-state index in [1.807, 2.05) is 4.90 Å². The van der Waals surface area contributed by atoms with Crippen LogP contribution in [0.4, 0.5) is 18.9 Å². The summed E-state index contributed by atoms with van der Waals surface area (Å²) in [6.45, 7) is 0.893. The Bertz CT molecular complexity index is 502. The van der Waals surface area contributed by atoms with Gasteiger partial charge in [-0.3, -0.25) is 4.79 Å². The molecule has 4 nitrogen and oxygen atoms in total. The monoisotopic (exact) mass is 302 g/mol. The first kappa shape index (κ1) is 15.6. The molecule has 1 fully saturated rings. The minimum atomic E-state index is -4.36. The molecule has 2 atom stereocenters. The van der Waals surface area contributed by atoms with Gasteiger partial charge in [0.1, 0.15) is 0 Å². The van der Waals surface area contributed by atoms with Crippen LogP contribution < -0.4 is 10.6 Å². The van der Waals surface area contributed by atoms with Gasteiger partial charge in [-0.05, 0) is 30.7 Å². The molecule has 1 aliphatic rings. The third-order valence-electron chi connectivity index (χ3n) is 3.58. The number of esters is 1. The van der Waals surface area contributed by atoms with E-state index in [0.717, 1.165) is 12.1 Å². The van der Waals surface area contributed by atoms with Crippen molar-refractivity contribution in [2.24, 2.45) is 11.7 Å². The highest BCUT2D eigenvalue weighted by Gasteiger charge is 2.32. The summed E-state index contributed by atoms with van der Waals surface area (Å²) in [4.78, 5) is 13.4. The number of nitrogens with two attached hydrogens (primary N) is 1. The van der Waals surface area contributed by atoms with Gasteiger partial charge in [0.05, 0.1) is 18.6 Å². The minimum absolute atomic E-state index is 0.217. The first-order valence-electron chi connectivity index (χ1n) is 6.57. The summed E-state index contributed by atoms with van der Waals surface area (Å²) in [6, 6.07) is 4.64. The molecule has 0 radical (unpaired) electrons. The van der Waals surface area contributed by atoms with Crippen LogP contribution in [0.2, 0.25) is 0 Å². The van der Waals surface area contributed by atoms with Gasteiger partial charge in [0.25, 0.3) is 0 Å². The standard InChI is InChI=1S/C14H17F3N2O2/c1-21-13(20)9-6-11(18)8-19(7-9)12-4-2-10(3-5-12)14(15,16)17/h2-5,9,11H,6-8,18H2,1H3. The number of hydrogen-bond acceptors (Lipinski definition) is 4. The minimum Gasteiger partial charge on any atom is -0.469 e. The maximum atomic E-state index is 12.5. The van der Waals surface area contributed by atoms with Gasteiger partial charge in [-0.2, -0.15) is 13.2 Å². The molecule has 1 saturated heterocycles. The first-order valence-corrected chi connectivity index (χ1v) is 6.57. The molecule has 0 saturated carbocycles.